The van der Waals surface area contributed by atoms with Crippen molar-refractivity contribution in [1.82, 2.24) is 15.5 Å². The number of hydrogen-bond acceptors (Lipinski definition) is 5. The van der Waals surface area contributed by atoms with E-state index in [1.54, 1.807) is 11.8 Å². The Morgan fingerprint density at radius 3 is 2.68 bits per heavy atom. The second kappa shape index (κ2) is 9.92. The Balaban J connectivity index is 1.55. The SMILES string of the molecule is Cc1ccc(Sc2ccc(N3CCC[C@@H](C(=O)NCCC(C)C)C3)nn2)cc1. The highest BCUT2D eigenvalue weighted by molar-refractivity contribution is 7.99. The predicted molar refractivity (Wildman–Crippen MR) is 115 cm³/mol. The van der Waals surface area contributed by atoms with Gasteiger partial charge in [-0.3, -0.25) is 4.79 Å². The highest BCUT2D eigenvalue weighted by Crippen LogP contribution is 2.27. The fourth-order valence-electron chi connectivity index (χ4n) is 3.29. The van der Waals surface area contributed by atoms with Crippen molar-refractivity contribution < 1.29 is 4.79 Å². The molecule has 1 N–H and O–H groups in total. The molecular formula is C22H30N4OS. The van der Waals surface area contributed by atoms with E-state index in [-0.39, 0.29) is 11.8 Å². The van der Waals surface area contributed by atoms with Crippen LogP contribution in [0.5, 0.6) is 0 Å². The molecule has 3 rings (SSSR count). The number of amides is 1. The first-order valence-corrected chi connectivity index (χ1v) is 10.9. The van der Waals surface area contributed by atoms with Gasteiger partial charge in [-0.05, 0) is 56.4 Å². The molecule has 1 atom stereocenters. The van der Waals surface area contributed by atoms with Crippen LogP contribution in [0.3, 0.4) is 0 Å². The van der Waals surface area contributed by atoms with Crippen LogP contribution in [0, 0.1) is 18.8 Å². The monoisotopic (exact) mass is 398 g/mol. The molecule has 1 fully saturated rings. The number of piperidine rings is 1. The topological polar surface area (TPSA) is 58.1 Å². The van der Waals surface area contributed by atoms with Gasteiger partial charge in [-0.15, -0.1) is 10.2 Å². The van der Waals surface area contributed by atoms with E-state index in [1.165, 1.54) is 5.56 Å². The van der Waals surface area contributed by atoms with E-state index in [9.17, 15) is 4.79 Å². The maximum Gasteiger partial charge on any atom is 0.224 e. The number of anilines is 1. The maximum atomic E-state index is 12.5. The van der Waals surface area contributed by atoms with Crippen LogP contribution >= 0.6 is 11.8 Å². The fraction of sp³-hybridized carbons (Fsp3) is 0.500. The molecule has 0 spiro atoms. The number of aromatic nitrogens is 2. The summed E-state index contributed by atoms with van der Waals surface area (Å²) < 4.78 is 0. The number of aryl methyl sites for hydroxylation is 1. The first-order chi connectivity index (χ1) is 13.5. The first-order valence-electron chi connectivity index (χ1n) is 10.1. The minimum absolute atomic E-state index is 0.0318. The summed E-state index contributed by atoms with van der Waals surface area (Å²) in [4.78, 5) is 15.8. The molecule has 1 aromatic heterocycles. The zero-order valence-electron chi connectivity index (χ0n) is 17.0. The molecule has 1 aliphatic rings. The van der Waals surface area contributed by atoms with Crippen LogP contribution in [0.25, 0.3) is 0 Å². The lowest BCUT2D eigenvalue weighted by atomic mass is 9.97. The number of rotatable bonds is 7. The van der Waals surface area contributed by atoms with Crippen LogP contribution in [0.15, 0.2) is 46.3 Å². The van der Waals surface area contributed by atoms with Crippen LogP contribution in [-0.2, 0) is 4.79 Å². The summed E-state index contributed by atoms with van der Waals surface area (Å²) in [6, 6.07) is 12.4. The molecule has 1 aliphatic heterocycles. The second-order valence-corrected chi connectivity index (χ2v) is 9.00. The van der Waals surface area contributed by atoms with Gasteiger partial charge in [-0.2, -0.15) is 0 Å². The van der Waals surface area contributed by atoms with E-state index in [4.69, 9.17) is 0 Å². The average Bonchev–Trinajstić information content (AvgIpc) is 2.70. The lowest BCUT2D eigenvalue weighted by Gasteiger charge is -2.32. The molecule has 6 heteroatoms. The Morgan fingerprint density at radius 2 is 2.00 bits per heavy atom. The zero-order chi connectivity index (χ0) is 19.9. The summed E-state index contributed by atoms with van der Waals surface area (Å²) >= 11 is 1.61. The van der Waals surface area contributed by atoms with Crippen molar-refractivity contribution in [2.24, 2.45) is 11.8 Å². The molecule has 0 aliphatic carbocycles. The van der Waals surface area contributed by atoms with E-state index in [0.717, 1.165) is 48.1 Å². The lowest BCUT2D eigenvalue weighted by molar-refractivity contribution is -0.125. The largest absolute Gasteiger partial charge is 0.356 e. The van der Waals surface area contributed by atoms with Crippen LogP contribution < -0.4 is 10.2 Å². The minimum atomic E-state index is 0.0318. The van der Waals surface area contributed by atoms with Crippen LogP contribution in [0.2, 0.25) is 0 Å². The number of nitrogens with zero attached hydrogens (tertiary/aromatic N) is 3. The van der Waals surface area contributed by atoms with E-state index in [0.29, 0.717) is 12.5 Å². The van der Waals surface area contributed by atoms with E-state index in [2.05, 4.69) is 65.5 Å². The molecular weight excluding hydrogens is 368 g/mol. The normalized spacial score (nSPS) is 17.0. The molecule has 28 heavy (non-hydrogen) atoms. The molecule has 0 saturated carbocycles. The summed E-state index contributed by atoms with van der Waals surface area (Å²) in [7, 11) is 0. The van der Waals surface area contributed by atoms with Gasteiger partial charge in [0.05, 0.1) is 5.92 Å². The highest BCUT2D eigenvalue weighted by atomic mass is 32.2. The van der Waals surface area contributed by atoms with Crippen molar-refractivity contribution in [3.05, 3.63) is 42.0 Å². The molecule has 1 saturated heterocycles. The van der Waals surface area contributed by atoms with Gasteiger partial charge in [0.1, 0.15) is 5.03 Å². The number of benzene rings is 1. The molecule has 0 radical (unpaired) electrons. The van der Waals surface area contributed by atoms with Gasteiger partial charge in [0, 0.05) is 24.5 Å². The van der Waals surface area contributed by atoms with Crippen LogP contribution in [0.1, 0.15) is 38.7 Å². The van der Waals surface area contributed by atoms with Gasteiger partial charge >= 0.3 is 0 Å². The summed E-state index contributed by atoms with van der Waals surface area (Å²) in [6.07, 6.45) is 2.97. The molecule has 0 bridgehead atoms. The van der Waals surface area contributed by atoms with Gasteiger partial charge in [0.25, 0.3) is 0 Å². The molecule has 2 heterocycles. The summed E-state index contributed by atoms with van der Waals surface area (Å²) in [5, 5.41) is 12.8. The third kappa shape index (κ3) is 5.96. The Morgan fingerprint density at radius 1 is 1.21 bits per heavy atom. The third-order valence-electron chi connectivity index (χ3n) is 5.01. The first kappa shape index (κ1) is 20.6. The Labute approximate surface area is 172 Å². The average molecular weight is 399 g/mol. The molecule has 1 amide bonds. The quantitative estimate of drug-likeness (QED) is 0.753. The van der Waals surface area contributed by atoms with Crippen molar-refractivity contribution in [2.45, 2.75) is 50.0 Å². The standard InChI is InChI=1S/C22H30N4OS/c1-16(2)12-13-23-22(27)18-5-4-14-26(15-18)20-10-11-21(25-24-20)28-19-8-6-17(3)7-9-19/h6-11,16,18H,4-5,12-15H2,1-3H3,(H,23,27)/t18-/m1/s1. The Bertz CT molecular complexity index is 761. The third-order valence-corrected chi connectivity index (χ3v) is 5.94. The number of carbonyl (C=O) groups is 1. The smallest absolute Gasteiger partial charge is 0.224 e. The van der Waals surface area contributed by atoms with Crippen molar-refractivity contribution in [2.75, 3.05) is 24.5 Å². The molecule has 0 unspecified atom stereocenters. The Hall–Kier alpha value is -2.08. The van der Waals surface area contributed by atoms with Crippen LogP contribution in [-0.4, -0.2) is 35.7 Å². The summed E-state index contributed by atoms with van der Waals surface area (Å²) in [6.45, 7) is 8.83. The zero-order valence-corrected chi connectivity index (χ0v) is 17.8. The molecule has 2 aromatic rings. The van der Waals surface area contributed by atoms with E-state index in [1.807, 2.05) is 12.1 Å². The second-order valence-electron chi connectivity index (χ2n) is 7.90. The summed E-state index contributed by atoms with van der Waals surface area (Å²) in [5.74, 6) is 1.66. The van der Waals surface area contributed by atoms with Gasteiger partial charge in [-0.1, -0.05) is 43.3 Å². The van der Waals surface area contributed by atoms with Crippen molar-refractivity contribution in [3.63, 3.8) is 0 Å². The van der Waals surface area contributed by atoms with Crippen molar-refractivity contribution in [3.8, 4) is 0 Å². The van der Waals surface area contributed by atoms with E-state index >= 15 is 0 Å². The van der Waals surface area contributed by atoms with Gasteiger partial charge in [-0.25, -0.2) is 0 Å². The Kier molecular flexibility index (Phi) is 7.31. The fourth-order valence-corrected chi connectivity index (χ4v) is 4.02. The molecule has 1 aromatic carbocycles. The summed E-state index contributed by atoms with van der Waals surface area (Å²) in [5.41, 5.74) is 1.25. The number of hydrogen-bond donors (Lipinski definition) is 1. The van der Waals surface area contributed by atoms with Gasteiger partial charge in [0.2, 0.25) is 5.91 Å². The van der Waals surface area contributed by atoms with Crippen LogP contribution in [0.4, 0.5) is 5.82 Å². The van der Waals surface area contributed by atoms with Crippen molar-refractivity contribution >= 4 is 23.5 Å². The molecule has 5 nitrogen and oxygen atoms in total. The predicted octanol–water partition coefficient (Wildman–Crippen LogP) is 4.31. The van der Waals surface area contributed by atoms with Gasteiger partial charge in [0.15, 0.2) is 5.82 Å². The lowest BCUT2D eigenvalue weighted by Crippen LogP contribution is -2.43. The van der Waals surface area contributed by atoms with E-state index < -0.39 is 0 Å². The molecule has 150 valence electrons. The highest BCUT2D eigenvalue weighted by Gasteiger charge is 2.26. The number of nitrogens with one attached hydrogen (secondary N) is 1. The number of carbonyl (C=O) groups excluding carboxylic acids is 1. The van der Waals surface area contributed by atoms with Crippen molar-refractivity contribution in [1.29, 1.82) is 0 Å². The minimum Gasteiger partial charge on any atom is -0.356 e. The maximum absolute atomic E-state index is 12.5. The van der Waals surface area contributed by atoms with Gasteiger partial charge < -0.3 is 10.2 Å².